The molecule has 3 rings (SSSR count). The van der Waals surface area contributed by atoms with Gasteiger partial charge in [0.15, 0.2) is 0 Å². The van der Waals surface area contributed by atoms with Crippen molar-refractivity contribution < 1.29 is 14.3 Å². The van der Waals surface area contributed by atoms with Crippen molar-refractivity contribution in [2.24, 2.45) is 5.92 Å². The van der Waals surface area contributed by atoms with Crippen LogP contribution < -0.4 is 10.6 Å². The summed E-state index contributed by atoms with van der Waals surface area (Å²) in [6, 6.07) is 13.4. The Labute approximate surface area is 166 Å². The fourth-order valence-corrected chi connectivity index (χ4v) is 3.47. The molecule has 2 aromatic rings. The van der Waals surface area contributed by atoms with Gasteiger partial charge < -0.3 is 15.4 Å². The van der Waals surface area contributed by atoms with Crippen LogP contribution in [0.4, 0.5) is 0 Å². The van der Waals surface area contributed by atoms with Crippen LogP contribution in [0.25, 0.3) is 10.8 Å². The zero-order valence-electron chi connectivity index (χ0n) is 16.6. The normalized spacial score (nSPS) is 17.6. The first-order valence-electron chi connectivity index (χ1n) is 9.89. The van der Waals surface area contributed by atoms with Crippen molar-refractivity contribution in [1.82, 2.24) is 15.5 Å². The van der Waals surface area contributed by atoms with E-state index in [0.717, 1.165) is 30.4 Å². The second-order valence-corrected chi connectivity index (χ2v) is 7.69. The van der Waals surface area contributed by atoms with Crippen LogP contribution in [0.2, 0.25) is 0 Å². The minimum Gasteiger partial charge on any atom is -0.374 e. The molecule has 0 spiro atoms. The quantitative estimate of drug-likeness (QED) is 0.768. The molecule has 150 valence electrons. The molecule has 1 aliphatic heterocycles. The van der Waals surface area contributed by atoms with Crippen molar-refractivity contribution in [3.63, 3.8) is 0 Å². The van der Waals surface area contributed by atoms with Crippen LogP contribution in [0.5, 0.6) is 0 Å². The molecule has 0 saturated carbocycles. The number of hydrogen-bond donors (Lipinski definition) is 2. The zero-order valence-corrected chi connectivity index (χ0v) is 16.6. The lowest BCUT2D eigenvalue weighted by molar-refractivity contribution is -0.121. The van der Waals surface area contributed by atoms with Gasteiger partial charge in [0, 0.05) is 31.7 Å². The van der Waals surface area contributed by atoms with Crippen LogP contribution in [0.3, 0.4) is 0 Å². The van der Waals surface area contributed by atoms with Gasteiger partial charge in [0.05, 0.1) is 19.3 Å². The van der Waals surface area contributed by atoms with Gasteiger partial charge in [-0.05, 0) is 28.8 Å². The van der Waals surface area contributed by atoms with Gasteiger partial charge in [0.2, 0.25) is 5.91 Å². The van der Waals surface area contributed by atoms with Crippen molar-refractivity contribution in [3.05, 3.63) is 48.0 Å². The number of ether oxygens (including phenoxy) is 1. The average molecular weight is 383 g/mol. The number of carbonyl (C=O) groups excluding carboxylic acids is 2. The summed E-state index contributed by atoms with van der Waals surface area (Å²) in [6.07, 6.45) is -0.00682. The van der Waals surface area contributed by atoms with Gasteiger partial charge in [0.25, 0.3) is 5.91 Å². The lowest BCUT2D eigenvalue weighted by Crippen LogP contribution is -2.49. The molecule has 1 saturated heterocycles. The number of carbonyl (C=O) groups is 2. The molecule has 2 amide bonds. The summed E-state index contributed by atoms with van der Waals surface area (Å²) in [6.45, 7) is 8.29. The van der Waals surface area contributed by atoms with Gasteiger partial charge in [-0.1, -0.05) is 44.2 Å². The van der Waals surface area contributed by atoms with E-state index in [0.29, 0.717) is 24.6 Å². The third-order valence-electron chi connectivity index (χ3n) is 4.79. The Kier molecular flexibility index (Phi) is 7.01. The SMILES string of the molecule is CC(C)CN1CCOC(CNC(=O)CNC(=O)c2ccc3ccccc3c2)C1. The standard InChI is InChI=1S/C22H29N3O3/c1-16(2)14-25-9-10-28-20(15-25)12-23-21(26)13-24-22(27)19-8-7-17-5-3-4-6-18(17)11-19/h3-8,11,16,20H,9-10,12-15H2,1-2H3,(H,23,26)(H,24,27). The summed E-state index contributed by atoms with van der Waals surface area (Å²) < 4.78 is 5.73. The summed E-state index contributed by atoms with van der Waals surface area (Å²) in [5.41, 5.74) is 0.548. The molecule has 28 heavy (non-hydrogen) atoms. The number of hydrogen-bond acceptors (Lipinski definition) is 4. The van der Waals surface area contributed by atoms with Crippen LogP contribution >= 0.6 is 0 Å². The number of morpholine rings is 1. The van der Waals surface area contributed by atoms with Crippen LogP contribution in [0, 0.1) is 5.92 Å². The molecule has 1 unspecified atom stereocenters. The Balaban J connectivity index is 1.42. The summed E-state index contributed by atoms with van der Waals surface area (Å²) >= 11 is 0. The molecule has 2 aromatic carbocycles. The Bertz CT molecular complexity index is 822. The number of nitrogens with zero attached hydrogens (tertiary/aromatic N) is 1. The van der Waals surface area contributed by atoms with Crippen LogP contribution in [0.15, 0.2) is 42.5 Å². The van der Waals surface area contributed by atoms with Crippen LogP contribution in [-0.4, -0.2) is 62.1 Å². The summed E-state index contributed by atoms with van der Waals surface area (Å²) in [5.74, 6) is 0.148. The molecule has 1 atom stereocenters. The number of amides is 2. The van der Waals surface area contributed by atoms with Crippen molar-refractivity contribution in [1.29, 1.82) is 0 Å². The molecule has 1 heterocycles. The molecule has 0 radical (unpaired) electrons. The van der Waals surface area contributed by atoms with Gasteiger partial charge >= 0.3 is 0 Å². The molecule has 1 fully saturated rings. The molecular weight excluding hydrogens is 354 g/mol. The molecule has 0 aliphatic carbocycles. The van der Waals surface area contributed by atoms with E-state index in [-0.39, 0.29) is 24.5 Å². The van der Waals surface area contributed by atoms with Crippen molar-refractivity contribution in [2.45, 2.75) is 20.0 Å². The molecule has 6 heteroatoms. The second kappa shape index (κ2) is 9.66. The first-order valence-corrected chi connectivity index (χ1v) is 9.89. The third kappa shape index (κ3) is 5.78. The zero-order chi connectivity index (χ0) is 19.9. The fraction of sp³-hybridized carbons (Fsp3) is 0.455. The molecule has 0 aromatic heterocycles. The van der Waals surface area contributed by atoms with Crippen molar-refractivity contribution >= 4 is 22.6 Å². The Morgan fingerprint density at radius 1 is 1.14 bits per heavy atom. The minimum atomic E-state index is -0.252. The maximum Gasteiger partial charge on any atom is 0.251 e. The maximum absolute atomic E-state index is 12.3. The summed E-state index contributed by atoms with van der Waals surface area (Å²) in [4.78, 5) is 26.8. The molecule has 6 nitrogen and oxygen atoms in total. The highest BCUT2D eigenvalue weighted by Gasteiger charge is 2.21. The van der Waals surface area contributed by atoms with Gasteiger partial charge in [-0.3, -0.25) is 14.5 Å². The Morgan fingerprint density at radius 2 is 1.93 bits per heavy atom. The second-order valence-electron chi connectivity index (χ2n) is 7.69. The van der Waals surface area contributed by atoms with E-state index in [1.165, 1.54) is 0 Å². The van der Waals surface area contributed by atoms with Crippen LogP contribution in [-0.2, 0) is 9.53 Å². The monoisotopic (exact) mass is 383 g/mol. The molecule has 1 aliphatic rings. The van der Waals surface area contributed by atoms with Gasteiger partial charge in [-0.15, -0.1) is 0 Å². The van der Waals surface area contributed by atoms with Gasteiger partial charge in [-0.2, -0.15) is 0 Å². The summed E-state index contributed by atoms with van der Waals surface area (Å²) in [5, 5.41) is 7.62. The third-order valence-corrected chi connectivity index (χ3v) is 4.79. The molecule has 0 bridgehead atoms. The van der Waals surface area contributed by atoms with E-state index in [2.05, 4.69) is 29.4 Å². The fourth-order valence-electron chi connectivity index (χ4n) is 3.47. The number of fused-ring (bicyclic) bond motifs is 1. The molecular formula is C22H29N3O3. The van der Waals surface area contributed by atoms with Gasteiger partial charge in [-0.25, -0.2) is 0 Å². The largest absolute Gasteiger partial charge is 0.374 e. The Hall–Kier alpha value is -2.44. The Morgan fingerprint density at radius 3 is 2.71 bits per heavy atom. The lowest BCUT2D eigenvalue weighted by atomic mass is 10.1. The van der Waals surface area contributed by atoms with Gasteiger partial charge in [0.1, 0.15) is 0 Å². The topological polar surface area (TPSA) is 70.7 Å². The number of nitrogens with one attached hydrogen (secondary N) is 2. The predicted octanol–water partition coefficient (Wildman–Crippen LogP) is 2.04. The van der Waals surface area contributed by atoms with E-state index >= 15 is 0 Å². The minimum absolute atomic E-state index is 0.00682. The first-order chi connectivity index (χ1) is 13.5. The van der Waals surface area contributed by atoms with E-state index in [4.69, 9.17) is 4.74 Å². The van der Waals surface area contributed by atoms with Crippen molar-refractivity contribution in [3.8, 4) is 0 Å². The first kappa shape index (κ1) is 20.3. The van der Waals surface area contributed by atoms with E-state index in [1.807, 2.05) is 36.4 Å². The molecule has 2 N–H and O–H groups in total. The lowest BCUT2D eigenvalue weighted by Gasteiger charge is -2.33. The van der Waals surface area contributed by atoms with Crippen LogP contribution in [0.1, 0.15) is 24.2 Å². The highest BCUT2D eigenvalue weighted by atomic mass is 16.5. The van der Waals surface area contributed by atoms with E-state index < -0.39 is 0 Å². The van der Waals surface area contributed by atoms with E-state index in [9.17, 15) is 9.59 Å². The van der Waals surface area contributed by atoms with E-state index in [1.54, 1.807) is 6.07 Å². The van der Waals surface area contributed by atoms with Crippen molar-refractivity contribution in [2.75, 3.05) is 39.3 Å². The highest BCUT2D eigenvalue weighted by Crippen LogP contribution is 2.15. The highest BCUT2D eigenvalue weighted by molar-refractivity contribution is 5.99. The number of benzene rings is 2. The smallest absolute Gasteiger partial charge is 0.251 e. The number of rotatable bonds is 7. The maximum atomic E-state index is 12.3. The summed E-state index contributed by atoms with van der Waals surface area (Å²) in [7, 11) is 0. The predicted molar refractivity (Wildman–Crippen MR) is 110 cm³/mol. The average Bonchev–Trinajstić information content (AvgIpc) is 2.70.